The quantitative estimate of drug-likeness (QED) is 0.674. The highest BCUT2D eigenvalue weighted by atomic mass is 35.5. The summed E-state index contributed by atoms with van der Waals surface area (Å²) in [7, 11) is 0. The number of rotatable bonds is 8. The van der Waals surface area contributed by atoms with Crippen LogP contribution in [0.5, 0.6) is 5.75 Å². The molecule has 1 unspecified atom stereocenters. The lowest BCUT2D eigenvalue weighted by Crippen LogP contribution is -2.35. The molecule has 0 radical (unpaired) electrons. The number of hydrogen-bond acceptors (Lipinski definition) is 4. The third-order valence-corrected chi connectivity index (χ3v) is 4.16. The number of ether oxygens (including phenoxy) is 1. The lowest BCUT2D eigenvalue weighted by Gasteiger charge is -2.15. The Labute approximate surface area is 166 Å². The van der Waals surface area contributed by atoms with Crippen LogP contribution in [0.4, 0.5) is 0 Å². The van der Waals surface area contributed by atoms with Crippen molar-refractivity contribution in [2.24, 2.45) is 5.73 Å². The number of carbonyl (C=O) groups excluding carboxylic acids is 2. The Bertz CT molecular complexity index is 760. The van der Waals surface area contributed by atoms with Crippen molar-refractivity contribution < 1.29 is 14.3 Å². The molecule has 3 N–H and O–H groups in total. The summed E-state index contributed by atoms with van der Waals surface area (Å²) >= 11 is 0. The van der Waals surface area contributed by atoms with E-state index in [0.29, 0.717) is 23.8 Å². The zero-order valence-corrected chi connectivity index (χ0v) is 16.7. The Kier molecular flexibility index (Phi) is 8.98. The molecule has 1 atom stereocenters. The van der Waals surface area contributed by atoms with Crippen molar-refractivity contribution in [1.29, 1.82) is 0 Å². The monoisotopic (exact) mass is 390 g/mol. The summed E-state index contributed by atoms with van der Waals surface area (Å²) in [5.74, 6) is 0.655. The molecule has 0 heterocycles. The molecule has 0 fully saturated rings. The van der Waals surface area contributed by atoms with Gasteiger partial charge in [0.1, 0.15) is 5.75 Å². The fourth-order valence-electron chi connectivity index (χ4n) is 2.47. The van der Waals surface area contributed by atoms with Crippen molar-refractivity contribution in [3.63, 3.8) is 0 Å². The van der Waals surface area contributed by atoms with E-state index in [4.69, 9.17) is 10.5 Å². The fraction of sp³-hybridized carbons (Fsp3) is 0.333. The lowest BCUT2D eigenvalue weighted by molar-refractivity contribution is -0.123. The standard InChI is InChI=1S/C21H26N2O3.ClH/c1-14(2)16-7-9-17(10-8-16)20(22)12-23-21(25)13-26-19-6-4-5-18(11-19)15(3)24;/h4-11,14,20H,12-13,22H2,1-3H3,(H,23,25);1H. The smallest absolute Gasteiger partial charge is 0.258 e. The van der Waals surface area contributed by atoms with Gasteiger partial charge in [-0.3, -0.25) is 9.59 Å². The first kappa shape index (κ1) is 22.7. The maximum Gasteiger partial charge on any atom is 0.258 e. The van der Waals surface area contributed by atoms with E-state index in [1.165, 1.54) is 12.5 Å². The second-order valence-electron chi connectivity index (χ2n) is 6.60. The number of nitrogens with two attached hydrogens (primary N) is 1. The zero-order chi connectivity index (χ0) is 19.1. The largest absolute Gasteiger partial charge is 0.484 e. The number of ketones is 1. The molecular weight excluding hydrogens is 364 g/mol. The van der Waals surface area contributed by atoms with Crippen LogP contribution in [0, 0.1) is 0 Å². The van der Waals surface area contributed by atoms with Crippen molar-refractivity contribution in [1.82, 2.24) is 5.32 Å². The van der Waals surface area contributed by atoms with Crippen molar-refractivity contribution in [3.8, 4) is 5.75 Å². The number of amides is 1. The van der Waals surface area contributed by atoms with E-state index in [1.807, 2.05) is 12.1 Å². The predicted molar refractivity (Wildman–Crippen MR) is 110 cm³/mol. The minimum absolute atomic E-state index is 0. The molecule has 2 aromatic rings. The molecule has 2 rings (SSSR count). The number of Topliss-reactive ketones (excluding diaryl/α,β-unsaturated/α-hetero) is 1. The maximum atomic E-state index is 12.0. The van der Waals surface area contributed by atoms with Crippen LogP contribution in [0.2, 0.25) is 0 Å². The number of carbonyl (C=O) groups is 2. The van der Waals surface area contributed by atoms with Gasteiger partial charge < -0.3 is 15.8 Å². The van der Waals surface area contributed by atoms with Crippen molar-refractivity contribution in [2.75, 3.05) is 13.2 Å². The lowest BCUT2D eigenvalue weighted by atomic mass is 9.99. The van der Waals surface area contributed by atoms with Crippen LogP contribution in [0.25, 0.3) is 0 Å². The van der Waals surface area contributed by atoms with Gasteiger partial charge in [0.05, 0.1) is 0 Å². The summed E-state index contributed by atoms with van der Waals surface area (Å²) in [6.45, 7) is 5.97. The number of benzene rings is 2. The highest BCUT2D eigenvalue weighted by molar-refractivity contribution is 5.94. The normalized spacial score (nSPS) is 11.4. The van der Waals surface area contributed by atoms with Gasteiger partial charge in [-0.2, -0.15) is 0 Å². The van der Waals surface area contributed by atoms with Gasteiger partial charge in [0.15, 0.2) is 12.4 Å². The molecule has 0 aliphatic carbocycles. The summed E-state index contributed by atoms with van der Waals surface area (Å²) in [6.07, 6.45) is 0. The van der Waals surface area contributed by atoms with Gasteiger partial charge in [-0.1, -0.05) is 50.2 Å². The number of nitrogens with one attached hydrogen (secondary N) is 1. The summed E-state index contributed by atoms with van der Waals surface area (Å²) in [4.78, 5) is 23.3. The van der Waals surface area contributed by atoms with E-state index in [9.17, 15) is 9.59 Å². The van der Waals surface area contributed by atoms with Gasteiger partial charge in [0, 0.05) is 18.2 Å². The number of halogens is 1. The van der Waals surface area contributed by atoms with Crippen LogP contribution in [-0.4, -0.2) is 24.8 Å². The molecule has 1 amide bonds. The van der Waals surface area contributed by atoms with Crippen LogP contribution in [-0.2, 0) is 4.79 Å². The molecule has 0 saturated heterocycles. The van der Waals surface area contributed by atoms with Crippen LogP contribution in [0.3, 0.4) is 0 Å². The molecular formula is C21H27ClN2O3. The molecule has 27 heavy (non-hydrogen) atoms. The van der Waals surface area contributed by atoms with E-state index in [-0.39, 0.29) is 36.7 Å². The predicted octanol–water partition coefficient (Wildman–Crippen LogP) is 3.63. The summed E-state index contributed by atoms with van der Waals surface area (Å²) in [5, 5.41) is 2.77. The van der Waals surface area contributed by atoms with Crippen molar-refractivity contribution in [3.05, 3.63) is 65.2 Å². The Morgan fingerprint density at radius 2 is 1.70 bits per heavy atom. The molecule has 6 heteroatoms. The van der Waals surface area contributed by atoms with Crippen LogP contribution >= 0.6 is 12.4 Å². The summed E-state index contributed by atoms with van der Waals surface area (Å²) in [6, 6.07) is 14.6. The Morgan fingerprint density at radius 3 is 2.30 bits per heavy atom. The second-order valence-corrected chi connectivity index (χ2v) is 6.60. The molecule has 0 bridgehead atoms. The summed E-state index contributed by atoms with van der Waals surface area (Å²) < 4.78 is 5.43. The van der Waals surface area contributed by atoms with E-state index in [0.717, 1.165) is 5.56 Å². The Balaban J connectivity index is 0.00000364. The SMILES string of the molecule is CC(=O)c1cccc(OCC(=O)NCC(N)c2ccc(C(C)C)cc2)c1.Cl. The zero-order valence-electron chi connectivity index (χ0n) is 15.9. The molecule has 0 aromatic heterocycles. The molecule has 5 nitrogen and oxygen atoms in total. The molecule has 0 aliphatic heterocycles. The first-order chi connectivity index (χ1) is 12.4. The van der Waals surface area contributed by atoms with Gasteiger partial charge in [-0.05, 0) is 36.1 Å². The fourth-order valence-corrected chi connectivity index (χ4v) is 2.47. The Hall–Kier alpha value is -2.37. The second kappa shape index (κ2) is 10.7. The van der Waals surface area contributed by atoms with Crippen molar-refractivity contribution >= 4 is 24.1 Å². The minimum Gasteiger partial charge on any atom is -0.484 e. The highest BCUT2D eigenvalue weighted by Crippen LogP contribution is 2.17. The first-order valence-corrected chi connectivity index (χ1v) is 8.72. The van der Waals surface area contributed by atoms with Gasteiger partial charge >= 0.3 is 0 Å². The van der Waals surface area contributed by atoms with E-state index < -0.39 is 0 Å². The first-order valence-electron chi connectivity index (χ1n) is 8.72. The number of hydrogen-bond donors (Lipinski definition) is 2. The molecule has 0 saturated carbocycles. The highest BCUT2D eigenvalue weighted by Gasteiger charge is 2.10. The van der Waals surface area contributed by atoms with Gasteiger partial charge in [0.25, 0.3) is 5.91 Å². The van der Waals surface area contributed by atoms with Gasteiger partial charge in [-0.15, -0.1) is 12.4 Å². The van der Waals surface area contributed by atoms with Gasteiger partial charge in [-0.25, -0.2) is 0 Å². The van der Waals surface area contributed by atoms with Crippen molar-refractivity contribution in [2.45, 2.75) is 32.7 Å². The maximum absolute atomic E-state index is 12.0. The van der Waals surface area contributed by atoms with E-state index in [2.05, 4.69) is 31.3 Å². The average molecular weight is 391 g/mol. The third-order valence-electron chi connectivity index (χ3n) is 4.16. The topological polar surface area (TPSA) is 81.4 Å². The summed E-state index contributed by atoms with van der Waals surface area (Å²) in [5.41, 5.74) is 8.92. The molecule has 0 spiro atoms. The van der Waals surface area contributed by atoms with Crippen LogP contribution < -0.4 is 15.8 Å². The minimum atomic E-state index is -0.277. The molecule has 146 valence electrons. The van der Waals surface area contributed by atoms with E-state index in [1.54, 1.807) is 24.3 Å². The van der Waals surface area contributed by atoms with Crippen LogP contribution in [0.1, 0.15) is 54.2 Å². The van der Waals surface area contributed by atoms with E-state index >= 15 is 0 Å². The third kappa shape index (κ3) is 7.04. The Morgan fingerprint density at radius 1 is 1.07 bits per heavy atom. The van der Waals surface area contributed by atoms with Crippen LogP contribution in [0.15, 0.2) is 48.5 Å². The van der Waals surface area contributed by atoms with Gasteiger partial charge in [0.2, 0.25) is 0 Å². The average Bonchev–Trinajstić information content (AvgIpc) is 2.64. The molecule has 2 aromatic carbocycles. The molecule has 0 aliphatic rings.